The summed E-state index contributed by atoms with van der Waals surface area (Å²) in [6.45, 7) is 13.1. The van der Waals surface area contributed by atoms with E-state index >= 15 is 0 Å². The maximum atomic E-state index is 2.36. The summed E-state index contributed by atoms with van der Waals surface area (Å²) in [6.07, 6.45) is 0.891. The Bertz CT molecular complexity index is 1730. The number of hydrogen-bond donors (Lipinski definition) is 0. The van der Waals surface area contributed by atoms with E-state index in [1.165, 1.54) is 78.6 Å². The smallest absolute Gasteiger partial charge is 0.0464 e. The van der Waals surface area contributed by atoms with E-state index in [1.807, 2.05) is 0 Å². The minimum Gasteiger partial charge on any atom is -0.310 e. The van der Waals surface area contributed by atoms with Crippen molar-refractivity contribution in [3.05, 3.63) is 178 Å². The van der Waals surface area contributed by atoms with Gasteiger partial charge in [-0.15, -0.1) is 0 Å². The molecule has 0 aromatic heterocycles. The molecule has 0 bridgehead atoms. The number of anilines is 6. The first-order valence-electron chi connectivity index (χ1n) is 15.8. The van der Waals surface area contributed by atoms with E-state index in [2.05, 4.69) is 185 Å². The van der Waals surface area contributed by atoms with Gasteiger partial charge >= 0.3 is 0 Å². The average Bonchev–Trinajstić information content (AvgIpc) is 3.00. The van der Waals surface area contributed by atoms with Crippen molar-refractivity contribution in [2.24, 2.45) is 0 Å². The number of hydrogen-bond acceptors (Lipinski definition) is 2. The highest BCUT2D eigenvalue weighted by molar-refractivity contribution is 5.79. The first-order chi connectivity index (χ1) is 21.7. The fourth-order valence-corrected chi connectivity index (χ4v) is 6.20. The first-order valence-corrected chi connectivity index (χ1v) is 15.8. The number of nitrogens with zero attached hydrogens (tertiary/aromatic N) is 2. The molecule has 224 valence electrons. The lowest BCUT2D eigenvalue weighted by Gasteiger charge is -2.27. The van der Waals surface area contributed by atoms with Gasteiger partial charge in [0, 0.05) is 34.1 Å². The summed E-state index contributed by atoms with van der Waals surface area (Å²) in [5, 5.41) is 0. The second kappa shape index (κ2) is 12.9. The van der Waals surface area contributed by atoms with E-state index in [-0.39, 0.29) is 0 Å². The summed E-state index contributed by atoms with van der Waals surface area (Å²) in [5.41, 5.74) is 17.3. The van der Waals surface area contributed by atoms with E-state index < -0.39 is 0 Å². The summed E-state index contributed by atoms with van der Waals surface area (Å²) >= 11 is 0. The van der Waals surface area contributed by atoms with Gasteiger partial charge in [-0.3, -0.25) is 0 Å². The molecule has 0 radical (unpaired) electrons. The van der Waals surface area contributed by atoms with Crippen LogP contribution >= 0.6 is 0 Å². The van der Waals surface area contributed by atoms with E-state index in [0.29, 0.717) is 0 Å². The molecule has 0 aliphatic heterocycles. The Morgan fingerprint density at radius 3 is 0.889 bits per heavy atom. The molecule has 0 heterocycles. The quantitative estimate of drug-likeness (QED) is 0.175. The van der Waals surface area contributed by atoms with Crippen molar-refractivity contribution in [3.63, 3.8) is 0 Å². The van der Waals surface area contributed by atoms with Crippen LogP contribution in [0.15, 0.2) is 133 Å². The predicted octanol–water partition coefficient (Wildman–Crippen LogP) is 12.1. The van der Waals surface area contributed by atoms with Crippen molar-refractivity contribution in [1.29, 1.82) is 0 Å². The summed E-state index contributed by atoms with van der Waals surface area (Å²) in [4.78, 5) is 4.73. The van der Waals surface area contributed by atoms with Crippen LogP contribution in [0.3, 0.4) is 0 Å². The van der Waals surface area contributed by atoms with Gasteiger partial charge in [0.15, 0.2) is 0 Å². The van der Waals surface area contributed by atoms with Gasteiger partial charge in [0.25, 0.3) is 0 Å². The van der Waals surface area contributed by atoms with Gasteiger partial charge < -0.3 is 9.80 Å². The Balaban J connectivity index is 1.32. The fourth-order valence-electron chi connectivity index (χ4n) is 6.20. The summed E-state index contributed by atoms with van der Waals surface area (Å²) < 4.78 is 0. The highest BCUT2D eigenvalue weighted by atomic mass is 15.1. The molecule has 0 aliphatic carbocycles. The van der Waals surface area contributed by atoms with Crippen molar-refractivity contribution in [2.45, 2.75) is 48.0 Å². The third kappa shape index (κ3) is 6.71. The van der Waals surface area contributed by atoms with E-state index in [1.54, 1.807) is 0 Å². The lowest BCUT2D eigenvalue weighted by molar-refractivity contribution is 1.12. The Morgan fingerprint density at radius 2 is 0.622 bits per heavy atom. The fraction of sp³-hybridized carbons (Fsp3) is 0.163. The molecule has 0 spiro atoms. The normalized spacial score (nSPS) is 11.0. The molecule has 2 nitrogen and oxygen atoms in total. The SMILES string of the molecule is Cc1cccc(N(c2cccc(C)c2)c2ccc(Cc3ccc(N(c4cccc(C)c4)c4cccc(C)c4)cc3C)c(C)c2)c1. The molecule has 0 unspecified atom stereocenters. The van der Waals surface area contributed by atoms with Gasteiger partial charge in [0.05, 0.1) is 0 Å². The van der Waals surface area contributed by atoms with Crippen LogP contribution in [0.5, 0.6) is 0 Å². The molecule has 6 aromatic carbocycles. The molecule has 0 N–H and O–H groups in total. The minimum atomic E-state index is 0.891. The third-order valence-corrected chi connectivity index (χ3v) is 8.59. The standard InChI is InChI=1S/C43H42N2/c1-30-11-7-15-38(23-30)44(39-16-8-12-31(2)24-39)42-21-19-36(34(5)27-42)29-37-20-22-43(28-35(37)6)45(40-17-9-13-32(3)25-40)41-18-10-14-33(4)26-41/h7-28H,29H2,1-6H3. The molecule has 45 heavy (non-hydrogen) atoms. The van der Waals surface area contributed by atoms with E-state index in [0.717, 1.165) is 6.42 Å². The van der Waals surface area contributed by atoms with E-state index in [4.69, 9.17) is 0 Å². The first kappa shape index (κ1) is 30.0. The molecule has 2 heteroatoms. The third-order valence-electron chi connectivity index (χ3n) is 8.59. The van der Waals surface area contributed by atoms with Crippen molar-refractivity contribution in [2.75, 3.05) is 9.80 Å². The highest BCUT2D eigenvalue weighted by Crippen LogP contribution is 2.38. The molecule has 0 aliphatic rings. The largest absolute Gasteiger partial charge is 0.310 e. The second-order valence-electron chi connectivity index (χ2n) is 12.4. The van der Waals surface area contributed by atoms with Crippen LogP contribution in [0, 0.1) is 41.5 Å². The van der Waals surface area contributed by atoms with Gasteiger partial charge in [-0.2, -0.15) is 0 Å². The Labute approximate surface area is 269 Å². The molecule has 6 aromatic rings. The predicted molar refractivity (Wildman–Crippen MR) is 193 cm³/mol. The molecular formula is C43H42N2. The maximum absolute atomic E-state index is 2.36. The molecule has 0 amide bonds. The molecule has 6 rings (SSSR count). The van der Waals surface area contributed by atoms with Crippen molar-refractivity contribution < 1.29 is 0 Å². The summed E-state index contributed by atoms with van der Waals surface area (Å²) in [5.74, 6) is 0. The van der Waals surface area contributed by atoms with Crippen molar-refractivity contribution >= 4 is 34.1 Å². The van der Waals surface area contributed by atoms with Crippen molar-refractivity contribution in [3.8, 4) is 0 Å². The van der Waals surface area contributed by atoms with Crippen LogP contribution < -0.4 is 9.80 Å². The van der Waals surface area contributed by atoms with Crippen LogP contribution in [-0.2, 0) is 6.42 Å². The minimum absolute atomic E-state index is 0.891. The summed E-state index contributed by atoms with van der Waals surface area (Å²) in [7, 11) is 0. The lowest BCUT2D eigenvalue weighted by Crippen LogP contribution is -2.11. The van der Waals surface area contributed by atoms with E-state index in [9.17, 15) is 0 Å². The molecule has 0 fully saturated rings. The molecule has 0 saturated carbocycles. The lowest BCUT2D eigenvalue weighted by atomic mass is 9.96. The van der Waals surface area contributed by atoms with Crippen LogP contribution in [0.2, 0.25) is 0 Å². The zero-order valence-electron chi connectivity index (χ0n) is 27.3. The Hall–Kier alpha value is -5.08. The number of rotatable bonds is 8. The molecule has 0 atom stereocenters. The highest BCUT2D eigenvalue weighted by Gasteiger charge is 2.17. The van der Waals surface area contributed by atoms with Crippen LogP contribution in [0.1, 0.15) is 44.5 Å². The number of aryl methyl sites for hydroxylation is 6. The van der Waals surface area contributed by atoms with Crippen molar-refractivity contribution in [1.82, 2.24) is 0 Å². The number of benzene rings is 6. The monoisotopic (exact) mass is 586 g/mol. The van der Waals surface area contributed by atoms with Crippen LogP contribution in [0.25, 0.3) is 0 Å². The maximum Gasteiger partial charge on any atom is 0.0464 e. The van der Waals surface area contributed by atoms with Crippen LogP contribution in [-0.4, -0.2) is 0 Å². The van der Waals surface area contributed by atoms with Gasteiger partial charge in [-0.05, 0) is 165 Å². The molecule has 0 saturated heterocycles. The Morgan fingerprint density at radius 1 is 0.333 bits per heavy atom. The van der Waals surface area contributed by atoms with Crippen LogP contribution in [0.4, 0.5) is 34.1 Å². The van der Waals surface area contributed by atoms with Gasteiger partial charge in [0.1, 0.15) is 0 Å². The van der Waals surface area contributed by atoms with Gasteiger partial charge in [-0.1, -0.05) is 60.7 Å². The Kier molecular flexibility index (Phi) is 8.58. The molecular weight excluding hydrogens is 544 g/mol. The zero-order chi connectivity index (χ0) is 31.5. The summed E-state index contributed by atoms with van der Waals surface area (Å²) in [6, 6.07) is 48.8. The van der Waals surface area contributed by atoms with Gasteiger partial charge in [0.2, 0.25) is 0 Å². The van der Waals surface area contributed by atoms with Gasteiger partial charge in [-0.25, -0.2) is 0 Å². The topological polar surface area (TPSA) is 6.48 Å². The zero-order valence-corrected chi connectivity index (χ0v) is 27.3. The second-order valence-corrected chi connectivity index (χ2v) is 12.4. The average molecular weight is 587 g/mol.